The van der Waals surface area contributed by atoms with Gasteiger partial charge in [0, 0.05) is 24.2 Å². The van der Waals surface area contributed by atoms with Crippen LogP contribution in [0, 0.1) is 0 Å². The zero-order chi connectivity index (χ0) is 14.0. The van der Waals surface area contributed by atoms with Crippen molar-refractivity contribution in [2.75, 3.05) is 13.1 Å². The predicted octanol–water partition coefficient (Wildman–Crippen LogP) is 1.82. The van der Waals surface area contributed by atoms with Gasteiger partial charge in [-0.05, 0) is 47.6 Å². The van der Waals surface area contributed by atoms with Crippen LogP contribution in [-0.4, -0.2) is 44.3 Å². The number of hydrogen-bond acceptors (Lipinski definition) is 4. The van der Waals surface area contributed by atoms with Crippen molar-refractivity contribution in [1.29, 1.82) is 0 Å². The lowest BCUT2D eigenvalue weighted by atomic mass is 10.1. The fourth-order valence-corrected chi connectivity index (χ4v) is 2.73. The minimum atomic E-state index is 0.160. The van der Waals surface area contributed by atoms with Gasteiger partial charge in [0.1, 0.15) is 12.2 Å². The molecular formula is C14H27N5. The Kier molecular flexibility index (Phi) is 4.26. The van der Waals surface area contributed by atoms with E-state index in [4.69, 9.17) is 0 Å². The number of aromatic nitrogens is 3. The van der Waals surface area contributed by atoms with Gasteiger partial charge in [0.05, 0.1) is 6.54 Å². The van der Waals surface area contributed by atoms with E-state index >= 15 is 0 Å². The molecule has 1 unspecified atom stereocenters. The van der Waals surface area contributed by atoms with Crippen molar-refractivity contribution in [2.45, 2.75) is 65.2 Å². The van der Waals surface area contributed by atoms with Gasteiger partial charge < -0.3 is 5.32 Å². The molecule has 5 nitrogen and oxygen atoms in total. The third-order valence-corrected chi connectivity index (χ3v) is 3.87. The number of hydrogen-bond donors (Lipinski definition) is 1. The highest BCUT2D eigenvalue weighted by atomic mass is 15.4. The van der Waals surface area contributed by atoms with E-state index in [1.165, 1.54) is 6.42 Å². The van der Waals surface area contributed by atoms with E-state index in [1.54, 1.807) is 6.33 Å². The van der Waals surface area contributed by atoms with Crippen molar-refractivity contribution < 1.29 is 0 Å². The lowest BCUT2D eigenvalue weighted by Crippen LogP contribution is -2.47. The van der Waals surface area contributed by atoms with Crippen LogP contribution in [0.25, 0.3) is 0 Å². The van der Waals surface area contributed by atoms with E-state index in [9.17, 15) is 0 Å². The summed E-state index contributed by atoms with van der Waals surface area (Å²) in [5.74, 6) is 1.07. The minimum absolute atomic E-state index is 0.160. The molecule has 0 aliphatic carbocycles. The molecule has 1 aliphatic rings. The number of nitrogens with zero attached hydrogens (tertiary/aromatic N) is 4. The molecule has 2 rings (SSSR count). The van der Waals surface area contributed by atoms with Gasteiger partial charge in [-0.3, -0.25) is 4.90 Å². The van der Waals surface area contributed by atoms with E-state index in [-0.39, 0.29) is 5.54 Å². The summed E-state index contributed by atoms with van der Waals surface area (Å²) in [5.41, 5.74) is 0.160. The third kappa shape index (κ3) is 3.54. The smallest absolute Gasteiger partial charge is 0.141 e. The molecule has 0 radical (unpaired) electrons. The topological polar surface area (TPSA) is 46.0 Å². The van der Waals surface area contributed by atoms with E-state index < -0.39 is 0 Å². The second-order valence-electron chi connectivity index (χ2n) is 6.57. The summed E-state index contributed by atoms with van der Waals surface area (Å²) in [4.78, 5) is 6.95. The van der Waals surface area contributed by atoms with Gasteiger partial charge in [0.25, 0.3) is 0 Å². The Bertz CT molecular complexity index is 410. The molecule has 108 valence electrons. The summed E-state index contributed by atoms with van der Waals surface area (Å²) >= 11 is 0. The molecule has 5 heteroatoms. The Morgan fingerprint density at radius 1 is 1.47 bits per heavy atom. The molecule has 0 aromatic carbocycles. The van der Waals surface area contributed by atoms with E-state index in [0.717, 1.165) is 25.5 Å². The summed E-state index contributed by atoms with van der Waals surface area (Å²) in [6.07, 6.45) is 2.85. The van der Waals surface area contributed by atoms with Crippen LogP contribution in [0.4, 0.5) is 0 Å². The molecular weight excluding hydrogens is 238 g/mol. The van der Waals surface area contributed by atoms with Crippen molar-refractivity contribution in [2.24, 2.45) is 0 Å². The van der Waals surface area contributed by atoms with Gasteiger partial charge in [0.15, 0.2) is 0 Å². The van der Waals surface area contributed by atoms with Crippen LogP contribution in [0.2, 0.25) is 0 Å². The molecule has 0 amide bonds. The quantitative estimate of drug-likeness (QED) is 0.905. The highest BCUT2D eigenvalue weighted by Crippen LogP contribution is 2.18. The molecule has 0 saturated carbocycles. The van der Waals surface area contributed by atoms with E-state index in [2.05, 4.69) is 54.9 Å². The Morgan fingerprint density at radius 2 is 2.21 bits per heavy atom. The molecule has 0 spiro atoms. The van der Waals surface area contributed by atoms with Gasteiger partial charge in [-0.2, -0.15) is 5.10 Å². The minimum Gasteiger partial charge on any atom is -0.310 e. The van der Waals surface area contributed by atoms with Gasteiger partial charge in [0.2, 0.25) is 0 Å². The van der Waals surface area contributed by atoms with E-state index in [1.807, 2.05) is 4.68 Å². The summed E-state index contributed by atoms with van der Waals surface area (Å²) in [5, 5.41) is 7.94. The van der Waals surface area contributed by atoms with E-state index in [0.29, 0.717) is 12.1 Å². The average molecular weight is 265 g/mol. The first-order valence-corrected chi connectivity index (χ1v) is 7.26. The largest absolute Gasteiger partial charge is 0.310 e. The maximum absolute atomic E-state index is 4.43. The fourth-order valence-electron chi connectivity index (χ4n) is 2.73. The Hall–Kier alpha value is -0.940. The number of rotatable bonds is 3. The second kappa shape index (κ2) is 5.59. The second-order valence-corrected chi connectivity index (χ2v) is 6.57. The molecule has 2 heterocycles. The predicted molar refractivity (Wildman–Crippen MR) is 77.0 cm³/mol. The molecule has 1 aliphatic heterocycles. The number of nitrogens with one attached hydrogen (secondary N) is 1. The normalized spacial score (nSPS) is 24.6. The van der Waals surface area contributed by atoms with Crippen LogP contribution in [0.3, 0.4) is 0 Å². The molecule has 1 N–H and O–H groups in total. The van der Waals surface area contributed by atoms with Crippen molar-refractivity contribution in [3.8, 4) is 0 Å². The molecule has 1 fully saturated rings. The molecule has 1 atom stereocenters. The monoisotopic (exact) mass is 265 g/mol. The highest BCUT2D eigenvalue weighted by Gasteiger charge is 2.28. The van der Waals surface area contributed by atoms with Crippen molar-refractivity contribution in [1.82, 2.24) is 25.0 Å². The summed E-state index contributed by atoms with van der Waals surface area (Å²) in [7, 11) is 0. The highest BCUT2D eigenvalue weighted by molar-refractivity contribution is 4.93. The van der Waals surface area contributed by atoms with Crippen LogP contribution in [0.5, 0.6) is 0 Å². The van der Waals surface area contributed by atoms with Crippen LogP contribution < -0.4 is 5.32 Å². The van der Waals surface area contributed by atoms with Gasteiger partial charge >= 0.3 is 0 Å². The maximum atomic E-state index is 4.43. The van der Waals surface area contributed by atoms with Gasteiger partial charge in [-0.25, -0.2) is 9.67 Å². The lowest BCUT2D eigenvalue weighted by molar-refractivity contribution is 0.165. The van der Waals surface area contributed by atoms with Gasteiger partial charge in [-0.15, -0.1) is 0 Å². The zero-order valence-corrected chi connectivity index (χ0v) is 12.8. The maximum Gasteiger partial charge on any atom is 0.141 e. The molecule has 1 aromatic rings. The first-order chi connectivity index (χ1) is 8.89. The lowest BCUT2D eigenvalue weighted by Gasteiger charge is -2.32. The Labute approximate surface area is 116 Å². The first kappa shape index (κ1) is 14.5. The Morgan fingerprint density at radius 3 is 2.89 bits per heavy atom. The molecule has 1 aromatic heterocycles. The summed E-state index contributed by atoms with van der Waals surface area (Å²) in [6.45, 7) is 14.1. The first-order valence-electron chi connectivity index (χ1n) is 7.26. The standard InChI is InChI=1S/C14H27N5/c1-11(2)19-13(15-10-17-19)8-18-9-14(4,5)16-7-6-12(18)3/h10-12,16H,6-9H2,1-5H3. The van der Waals surface area contributed by atoms with Crippen LogP contribution in [0.15, 0.2) is 6.33 Å². The molecule has 1 saturated heterocycles. The Balaban J connectivity index is 2.13. The third-order valence-electron chi connectivity index (χ3n) is 3.87. The van der Waals surface area contributed by atoms with Crippen LogP contribution in [0.1, 0.15) is 52.9 Å². The van der Waals surface area contributed by atoms with Crippen LogP contribution >= 0.6 is 0 Å². The van der Waals surface area contributed by atoms with Crippen molar-refractivity contribution in [3.63, 3.8) is 0 Å². The fraction of sp³-hybridized carbons (Fsp3) is 0.857. The molecule has 0 bridgehead atoms. The van der Waals surface area contributed by atoms with Crippen molar-refractivity contribution >= 4 is 0 Å². The SMILES string of the molecule is CC1CCNC(C)(C)CN1Cc1ncnn1C(C)C. The van der Waals surface area contributed by atoms with Gasteiger partial charge in [-0.1, -0.05) is 0 Å². The van der Waals surface area contributed by atoms with Crippen molar-refractivity contribution in [3.05, 3.63) is 12.2 Å². The summed E-state index contributed by atoms with van der Waals surface area (Å²) in [6, 6.07) is 0.942. The zero-order valence-electron chi connectivity index (χ0n) is 12.8. The van der Waals surface area contributed by atoms with Crippen LogP contribution in [-0.2, 0) is 6.54 Å². The average Bonchev–Trinajstić information content (AvgIpc) is 2.70. The molecule has 19 heavy (non-hydrogen) atoms. The summed E-state index contributed by atoms with van der Waals surface area (Å²) < 4.78 is 2.03.